The summed E-state index contributed by atoms with van der Waals surface area (Å²) in [4.78, 5) is 0.280. The number of rotatable bonds is 7. The van der Waals surface area contributed by atoms with E-state index in [0.29, 0.717) is 19.7 Å². The van der Waals surface area contributed by atoms with Crippen LogP contribution >= 0.6 is 0 Å². The predicted octanol–water partition coefficient (Wildman–Crippen LogP) is 1.44. The van der Waals surface area contributed by atoms with Crippen LogP contribution in [0.25, 0.3) is 0 Å². The summed E-state index contributed by atoms with van der Waals surface area (Å²) in [7, 11) is -0.341. The van der Waals surface area contributed by atoms with Crippen LogP contribution in [0.3, 0.4) is 0 Å². The number of nitrogens with two attached hydrogens (primary N) is 1. The lowest BCUT2D eigenvalue weighted by molar-refractivity contribution is 0.184. The zero-order valence-electron chi connectivity index (χ0n) is 12.6. The molecule has 0 amide bonds. The lowest BCUT2D eigenvalue weighted by Crippen LogP contribution is -2.39. The second-order valence-corrected chi connectivity index (χ2v) is 7.75. The number of sulfonamides is 1. The molecule has 1 aromatic carbocycles. The minimum atomic E-state index is -3.50. The molecule has 0 bridgehead atoms. The Labute approximate surface area is 121 Å². The van der Waals surface area contributed by atoms with E-state index in [1.165, 1.54) is 4.31 Å². The first kappa shape index (κ1) is 17.1. The van der Waals surface area contributed by atoms with E-state index in [1.807, 2.05) is 19.9 Å². The predicted molar refractivity (Wildman–Crippen MR) is 79.8 cm³/mol. The van der Waals surface area contributed by atoms with Crippen LogP contribution in [0.4, 0.5) is 0 Å². The molecule has 0 atom stereocenters. The minimum Gasteiger partial charge on any atom is -0.380 e. The third-order valence-electron chi connectivity index (χ3n) is 3.12. The summed E-state index contributed by atoms with van der Waals surface area (Å²) in [6.07, 6.45) is 0. The largest absolute Gasteiger partial charge is 0.380 e. The van der Waals surface area contributed by atoms with Gasteiger partial charge in [0.25, 0.3) is 0 Å². The summed E-state index contributed by atoms with van der Waals surface area (Å²) in [5, 5.41) is 0. The molecule has 6 heteroatoms. The molecule has 0 heterocycles. The van der Waals surface area contributed by atoms with Gasteiger partial charge in [0.1, 0.15) is 0 Å². The molecular formula is C14H24N2O3S. The first-order valence-electron chi connectivity index (χ1n) is 6.47. The molecule has 20 heavy (non-hydrogen) atoms. The molecular weight excluding hydrogens is 276 g/mol. The van der Waals surface area contributed by atoms with Crippen LogP contribution in [0.5, 0.6) is 0 Å². The van der Waals surface area contributed by atoms with E-state index < -0.39 is 10.0 Å². The van der Waals surface area contributed by atoms with Gasteiger partial charge in [-0.15, -0.1) is 0 Å². The van der Waals surface area contributed by atoms with E-state index in [2.05, 4.69) is 0 Å². The lowest BCUT2D eigenvalue weighted by atomic mass is 9.94. The van der Waals surface area contributed by atoms with Crippen LogP contribution in [0.2, 0.25) is 0 Å². The van der Waals surface area contributed by atoms with E-state index in [0.717, 1.165) is 5.56 Å². The summed E-state index contributed by atoms with van der Waals surface area (Å²) < 4.78 is 31.4. The quantitative estimate of drug-likeness (QED) is 0.827. The van der Waals surface area contributed by atoms with Gasteiger partial charge in [-0.05, 0) is 29.7 Å². The molecule has 0 fully saturated rings. The number of hydrogen-bond donors (Lipinski definition) is 1. The second kappa shape index (κ2) is 6.67. The van der Waals surface area contributed by atoms with Gasteiger partial charge in [-0.1, -0.05) is 26.0 Å². The Morgan fingerprint density at radius 3 is 2.55 bits per heavy atom. The summed E-state index contributed by atoms with van der Waals surface area (Å²) in [5.74, 6) is 0. The van der Waals surface area contributed by atoms with Gasteiger partial charge in [-0.2, -0.15) is 0 Å². The molecule has 0 saturated heterocycles. The minimum absolute atomic E-state index is 0.258. The Bertz CT molecular complexity index is 541. The van der Waals surface area contributed by atoms with Crippen molar-refractivity contribution in [2.45, 2.75) is 25.3 Å². The fraction of sp³-hybridized carbons (Fsp3) is 0.571. The Kier molecular flexibility index (Phi) is 5.70. The topological polar surface area (TPSA) is 72.6 Å². The van der Waals surface area contributed by atoms with Crippen LogP contribution in [-0.4, -0.2) is 40.0 Å². The van der Waals surface area contributed by atoms with Crippen molar-refractivity contribution in [3.8, 4) is 0 Å². The number of nitrogens with zero attached hydrogens (tertiary/aromatic N) is 1. The third kappa shape index (κ3) is 4.28. The maximum absolute atomic E-state index is 12.5. The number of hydrogen-bond acceptors (Lipinski definition) is 4. The van der Waals surface area contributed by atoms with E-state index in [9.17, 15) is 8.42 Å². The van der Waals surface area contributed by atoms with Gasteiger partial charge in [0.2, 0.25) is 10.0 Å². The van der Waals surface area contributed by atoms with Gasteiger partial charge < -0.3 is 10.5 Å². The summed E-state index contributed by atoms with van der Waals surface area (Å²) in [6.45, 7) is 5.08. The van der Waals surface area contributed by atoms with Gasteiger partial charge in [0, 0.05) is 20.7 Å². The molecule has 0 unspecified atom stereocenters. The average molecular weight is 300 g/mol. The smallest absolute Gasteiger partial charge is 0.242 e. The highest BCUT2D eigenvalue weighted by atomic mass is 32.2. The summed E-state index contributed by atoms with van der Waals surface area (Å²) >= 11 is 0. The molecule has 2 N–H and O–H groups in total. The SMILES string of the molecule is COCc1cccc(S(=O)(=O)N(C)CC(C)(C)CN)c1. The van der Waals surface area contributed by atoms with Crippen molar-refractivity contribution in [3.05, 3.63) is 29.8 Å². The van der Waals surface area contributed by atoms with Crippen LogP contribution in [-0.2, 0) is 21.4 Å². The van der Waals surface area contributed by atoms with Crippen molar-refractivity contribution in [1.82, 2.24) is 4.31 Å². The van der Waals surface area contributed by atoms with Gasteiger partial charge >= 0.3 is 0 Å². The highest BCUT2D eigenvalue weighted by molar-refractivity contribution is 7.89. The molecule has 0 aromatic heterocycles. The number of benzene rings is 1. The fourth-order valence-corrected chi connectivity index (χ4v) is 3.32. The van der Waals surface area contributed by atoms with Gasteiger partial charge in [-0.25, -0.2) is 12.7 Å². The van der Waals surface area contributed by atoms with E-state index in [-0.39, 0.29) is 10.3 Å². The molecule has 0 aliphatic carbocycles. The van der Waals surface area contributed by atoms with Gasteiger partial charge in [0.05, 0.1) is 11.5 Å². The Morgan fingerprint density at radius 1 is 1.35 bits per heavy atom. The summed E-state index contributed by atoms with van der Waals surface area (Å²) in [6, 6.07) is 6.81. The third-order valence-corrected chi connectivity index (χ3v) is 4.92. The number of ether oxygens (including phenoxy) is 1. The molecule has 0 saturated carbocycles. The van der Waals surface area contributed by atoms with Crippen LogP contribution in [0, 0.1) is 5.41 Å². The van der Waals surface area contributed by atoms with E-state index >= 15 is 0 Å². The first-order chi connectivity index (χ1) is 9.23. The molecule has 0 spiro atoms. The van der Waals surface area contributed by atoms with Crippen molar-refractivity contribution in [3.63, 3.8) is 0 Å². The maximum Gasteiger partial charge on any atom is 0.242 e. The van der Waals surface area contributed by atoms with Gasteiger partial charge in [0.15, 0.2) is 0 Å². The standard InChI is InChI=1S/C14H24N2O3S/c1-14(2,10-15)11-16(3)20(17,18)13-7-5-6-12(8-13)9-19-4/h5-8H,9-11,15H2,1-4H3. The maximum atomic E-state index is 12.5. The molecule has 0 aliphatic rings. The van der Waals surface area contributed by atoms with Crippen molar-refractivity contribution in [2.75, 3.05) is 27.2 Å². The molecule has 1 rings (SSSR count). The Morgan fingerprint density at radius 2 is 2.00 bits per heavy atom. The van der Waals surface area contributed by atoms with Gasteiger partial charge in [-0.3, -0.25) is 0 Å². The van der Waals surface area contributed by atoms with Crippen molar-refractivity contribution >= 4 is 10.0 Å². The normalized spacial score (nSPS) is 12.9. The first-order valence-corrected chi connectivity index (χ1v) is 7.91. The van der Waals surface area contributed by atoms with E-state index in [1.54, 1.807) is 32.4 Å². The number of methoxy groups -OCH3 is 1. The Balaban J connectivity index is 3.01. The van der Waals surface area contributed by atoms with Crippen molar-refractivity contribution in [1.29, 1.82) is 0 Å². The van der Waals surface area contributed by atoms with Crippen LogP contribution < -0.4 is 5.73 Å². The highest BCUT2D eigenvalue weighted by Crippen LogP contribution is 2.21. The Hall–Kier alpha value is -0.950. The molecule has 5 nitrogen and oxygen atoms in total. The van der Waals surface area contributed by atoms with Crippen LogP contribution in [0.15, 0.2) is 29.2 Å². The zero-order chi connectivity index (χ0) is 15.4. The second-order valence-electron chi connectivity index (χ2n) is 5.71. The lowest BCUT2D eigenvalue weighted by Gasteiger charge is -2.28. The average Bonchev–Trinajstić information content (AvgIpc) is 2.39. The molecule has 1 aromatic rings. The van der Waals surface area contributed by atoms with Crippen LogP contribution in [0.1, 0.15) is 19.4 Å². The van der Waals surface area contributed by atoms with E-state index in [4.69, 9.17) is 10.5 Å². The monoisotopic (exact) mass is 300 g/mol. The zero-order valence-corrected chi connectivity index (χ0v) is 13.4. The fourth-order valence-electron chi connectivity index (χ4n) is 1.89. The van der Waals surface area contributed by atoms with Crippen molar-refractivity contribution in [2.24, 2.45) is 11.1 Å². The molecule has 114 valence electrons. The van der Waals surface area contributed by atoms with Crippen molar-refractivity contribution < 1.29 is 13.2 Å². The molecule has 0 aliphatic heterocycles. The highest BCUT2D eigenvalue weighted by Gasteiger charge is 2.27. The summed E-state index contributed by atoms with van der Waals surface area (Å²) in [5.41, 5.74) is 6.24. The molecule has 0 radical (unpaired) electrons.